The highest BCUT2D eigenvalue weighted by atomic mass is 32.1. The van der Waals surface area contributed by atoms with Crippen molar-refractivity contribution in [3.05, 3.63) is 52.0 Å². The molecule has 0 fully saturated rings. The Morgan fingerprint density at radius 2 is 1.88 bits per heavy atom. The van der Waals surface area contributed by atoms with Crippen LogP contribution >= 0.6 is 11.3 Å². The molecule has 0 bridgehead atoms. The van der Waals surface area contributed by atoms with E-state index in [1.165, 1.54) is 36.5 Å². The van der Waals surface area contributed by atoms with Crippen LogP contribution in [0.4, 0.5) is 4.39 Å². The Bertz CT molecular complexity index is 774. The number of hydrogen-bond acceptors (Lipinski definition) is 6. The molecule has 132 valence electrons. The maximum atomic E-state index is 13.3. The van der Waals surface area contributed by atoms with Crippen LogP contribution in [0.5, 0.6) is 5.75 Å². The molecular formula is C17H16FNO5S. The Morgan fingerprint density at radius 3 is 2.60 bits per heavy atom. The van der Waals surface area contributed by atoms with Gasteiger partial charge in [0.1, 0.15) is 0 Å². The summed E-state index contributed by atoms with van der Waals surface area (Å²) >= 11 is 1.21. The molecule has 0 aliphatic carbocycles. The lowest BCUT2D eigenvalue weighted by molar-refractivity contribution is -0.144. The molecule has 1 aromatic carbocycles. The Labute approximate surface area is 147 Å². The van der Waals surface area contributed by atoms with Crippen molar-refractivity contribution < 1.29 is 28.2 Å². The highest BCUT2D eigenvalue weighted by Crippen LogP contribution is 2.17. The predicted molar refractivity (Wildman–Crippen MR) is 89.0 cm³/mol. The lowest BCUT2D eigenvalue weighted by Gasteiger charge is -2.06. The number of ether oxygens (including phenoxy) is 2. The first-order valence-electron chi connectivity index (χ1n) is 7.35. The molecule has 0 saturated carbocycles. The second-order valence-electron chi connectivity index (χ2n) is 4.98. The van der Waals surface area contributed by atoms with E-state index in [1.807, 2.05) is 0 Å². The summed E-state index contributed by atoms with van der Waals surface area (Å²) in [6, 6.07) is 8.99. The van der Waals surface area contributed by atoms with Gasteiger partial charge in [-0.1, -0.05) is 12.1 Å². The van der Waals surface area contributed by atoms with Crippen molar-refractivity contribution in [2.75, 3.05) is 13.2 Å². The zero-order valence-electron chi connectivity index (χ0n) is 13.4. The molecule has 0 aliphatic heterocycles. The first-order chi connectivity index (χ1) is 12.0. The number of carbonyl (C=O) groups is 3. The van der Waals surface area contributed by atoms with E-state index in [9.17, 15) is 18.8 Å². The molecule has 6 nitrogen and oxygen atoms in total. The topological polar surface area (TPSA) is 81.7 Å². The van der Waals surface area contributed by atoms with E-state index >= 15 is 0 Å². The Kier molecular flexibility index (Phi) is 6.64. The maximum Gasteiger partial charge on any atom is 0.344 e. The number of amides is 1. The number of esters is 1. The molecule has 1 aromatic heterocycles. The van der Waals surface area contributed by atoms with Gasteiger partial charge < -0.3 is 14.8 Å². The minimum absolute atomic E-state index is 0.0633. The van der Waals surface area contributed by atoms with Crippen molar-refractivity contribution in [1.29, 1.82) is 0 Å². The van der Waals surface area contributed by atoms with Gasteiger partial charge in [0.2, 0.25) is 11.7 Å². The third-order valence-corrected chi connectivity index (χ3v) is 4.12. The van der Waals surface area contributed by atoms with E-state index in [0.29, 0.717) is 11.4 Å². The van der Waals surface area contributed by atoms with Crippen molar-refractivity contribution in [1.82, 2.24) is 5.32 Å². The number of rotatable bonds is 8. The molecule has 0 unspecified atom stereocenters. The average Bonchev–Trinajstić information content (AvgIpc) is 3.06. The van der Waals surface area contributed by atoms with E-state index in [1.54, 1.807) is 18.2 Å². The van der Waals surface area contributed by atoms with E-state index in [-0.39, 0.29) is 17.4 Å². The number of halogens is 1. The van der Waals surface area contributed by atoms with Gasteiger partial charge in [0, 0.05) is 11.8 Å². The Balaban J connectivity index is 1.76. The summed E-state index contributed by atoms with van der Waals surface area (Å²) in [6.45, 7) is 0.818. The number of para-hydroxylation sites is 1. The molecule has 1 heterocycles. The molecule has 0 spiro atoms. The van der Waals surface area contributed by atoms with Crippen LogP contribution < -0.4 is 10.1 Å². The van der Waals surface area contributed by atoms with Crippen molar-refractivity contribution >= 4 is 29.0 Å². The fourth-order valence-electron chi connectivity index (χ4n) is 1.79. The number of Topliss-reactive ketones (excluding diaryl/α,β-unsaturated/α-hetero) is 1. The second kappa shape index (κ2) is 8.93. The first kappa shape index (κ1) is 18.6. The molecule has 0 atom stereocenters. The van der Waals surface area contributed by atoms with Crippen LogP contribution in [0.15, 0.2) is 36.4 Å². The fourth-order valence-corrected chi connectivity index (χ4v) is 2.66. The van der Waals surface area contributed by atoms with Gasteiger partial charge >= 0.3 is 5.97 Å². The second-order valence-corrected chi connectivity index (χ2v) is 6.15. The van der Waals surface area contributed by atoms with E-state index in [4.69, 9.17) is 9.47 Å². The van der Waals surface area contributed by atoms with E-state index in [0.717, 1.165) is 4.88 Å². The van der Waals surface area contributed by atoms with Gasteiger partial charge in [-0.25, -0.2) is 9.18 Å². The lowest BCUT2D eigenvalue weighted by atomic mass is 10.3. The molecule has 1 N–H and O–H groups in total. The van der Waals surface area contributed by atoms with Crippen LogP contribution in [0.3, 0.4) is 0 Å². The summed E-state index contributed by atoms with van der Waals surface area (Å²) in [5.74, 6) is -1.95. The highest BCUT2D eigenvalue weighted by molar-refractivity contribution is 7.14. The van der Waals surface area contributed by atoms with Crippen LogP contribution in [0.2, 0.25) is 0 Å². The lowest BCUT2D eigenvalue weighted by Crippen LogP contribution is -2.19. The molecule has 2 aromatic rings. The van der Waals surface area contributed by atoms with Crippen molar-refractivity contribution in [2.45, 2.75) is 13.5 Å². The molecule has 8 heteroatoms. The van der Waals surface area contributed by atoms with Crippen LogP contribution in [-0.4, -0.2) is 30.9 Å². The molecule has 25 heavy (non-hydrogen) atoms. The third-order valence-electron chi connectivity index (χ3n) is 2.99. The number of benzene rings is 1. The van der Waals surface area contributed by atoms with Crippen molar-refractivity contribution in [3.63, 3.8) is 0 Å². The number of hydrogen-bond donors (Lipinski definition) is 1. The summed E-state index contributed by atoms with van der Waals surface area (Å²) in [5.41, 5.74) is 0. The Morgan fingerprint density at radius 1 is 1.12 bits per heavy atom. The van der Waals surface area contributed by atoms with Gasteiger partial charge in [-0.15, -0.1) is 11.3 Å². The molecular weight excluding hydrogens is 349 g/mol. The first-order valence-corrected chi connectivity index (χ1v) is 8.16. The van der Waals surface area contributed by atoms with E-state index < -0.39 is 25.0 Å². The molecule has 0 aliphatic rings. The van der Waals surface area contributed by atoms with Crippen molar-refractivity contribution in [2.24, 2.45) is 0 Å². The smallest absolute Gasteiger partial charge is 0.344 e. The number of carbonyl (C=O) groups excluding carboxylic acids is 3. The number of nitrogens with one attached hydrogen (secondary N) is 1. The molecule has 1 amide bonds. The monoisotopic (exact) mass is 365 g/mol. The van der Waals surface area contributed by atoms with Gasteiger partial charge in [-0.2, -0.15) is 0 Å². The SMILES string of the molecule is CC(=O)NCc1ccc(C(=O)COC(=O)COc2ccccc2F)s1. The maximum absolute atomic E-state index is 13.3. The minimum atomic E-state index is -0.772. The van der Waals surface area contributed by atoms with Crippen LogP contribution in [0.1, 0.15) is 21.5 Å². The van der Waals surface area contributed by atoms with Crippen LogP contribution in [0.25, 0.3) is 0 Å². The molecule has 2 rings (SSSR count). The summed E-state index contributed by atoms with van der Waals surface area (Å²) in [5, 5.41) is 2.63. The summed E-state index contributed by atoms with van der Waals surface area (Å²) < 4.78 is 23.2. The quantitative estimate of drug-likeness (QED) is 0.574. The van der Waals surface area contributed by atoms with Gasteiger partial charge in [-0.05, 0) is 24.3 Å². The van der Waals surface area contributed by atoms with Crippen LogP contribution in [0, 0.1) is 5.82 Å². The number of ketones is 1. The van der Waals surface area contributed by atoms with Gasteiger partial charge in [-0.3, -0.25) is 9.59 Å². The Hall–Kier alpha value is -2.74. The normalized spacial score (nSPS) is 10.2. The van der Waals surface area contributed by atoms with Gasteiger partial charge in [0.15, 0.2) is 24.8 Å². The van der Waals surface area contributed by atoms with E-state index in [2.05, 4.69) is 5.32 Å². The molecule has 0 radical (unpaired) electrons. The number of thiophene rings is 1. The predicted octanol–water partition coefficient (Wildman–Crippen LogP) is 2.33. The van der Waals surface area contributed by atoms with Gasteiger partial charge in [0.05, 0.1) is 11.4 Å². The summed E-state index contributed by atoms with van der Waals surface area (Å²) in [4.78, 5) is 35.6. The molecule has 0 saturated heterocycles. The zero-order valence-corrected chi connectivity index (χ0v) is 14.2. The van der Waals surface area contributed by atoms with Crippen LogP contribution in [-0.2, 0) is 20.9 Å². The van der Waals surface area contributed by atoms with Crippen molar-refractivity contribution in [3.8, 4) is 5.75 Å². The average molecular weight is 365 g/mol. The summed E-state index contributed by atoms with van der Waals surface area (Å²) in [6.07, 6.45) is 0. The zero-order chi connectivity index (χ0) is 18.2. The third kappa shape index (κ3) is 6.00. The van der Waals surface area contributed by atoms with Gasteiger partial charge in [0.25, 0.3) is 0 Å². The highest BCUT2D eigenvalue weighted by Gasteiger charge is 2.13. The largest absolute Gasteiger partial charge is 0.479 e. The summed E-state index contributed by atoms with van der Waals surface area (Å²) in [7, 11) is 0. The standard InChI is InChI=1S/C17H16FNO5S/c1-11(20)19-8-12-6-7-16(25-12)14(21)9-24-17(22)10-23-15-5-3-2-4-13(15)18/h2-7H,8-10H2,1H3,(H,19,20). The fraction of sp³-hybridized carbons (Fsp3) is 0.235. The minimum Gasteiger partial charge on any atom is -0.479 e.